The van der Waals surface area contributed by atoms with Crippen molar-refractivity contribution in [3.8, 4) is 0 Å². The molecule has 0 unspecified atom stereocenters. The predicted octanol–water partition coefficient (Wildman–Crippen LogP) is 3.06. The molecule has 0 radical (unpaired) electrons. The predicted molar refractivity (Wildman–Crippen MR) is 104 cm³/mol. The van der Waals surface area contributed by atoms with Gasteiger partial charge in [0.05, 0.1) is 18.0 Å². The lowest BCUT2D eigenvalue weighted by molar-refractivity contribution is 0.126. The molecule has 138 valence electrons. The summed E-state index contributed by atoms with van der Waals surface area (Å²) in [7, 11) is 0. The fraction of sp³-hybridized carbons (Fsp3) is 0.316. The quantitative estimate of drug-likeness (QED) is 0.444. The van der Waals surface area contributed by atoms with E-state index in [4.69, 9.17) is 0 Å². The molecule has 0 aromatic carbocycles. The number of pyridine rings is 2. The molecule has 0 bridgehead atoms. The lowest BCUT2D eigenvalue weighted by Crippen LogP contribution is -2.29. The molecule has 0 spiro atoms. The van der Waals surface area contributed by atoms with Crippen molar-refractivity contribution in [3.05, 3.63) is 42.7 Å². The minimum atomic E-state index is -0.160. The number of anilines is 3. The van der Waals surface area contributed by atoms with Crippen molar-refractivity contribution in [2.45, 2.75) is 37.8 Å². The number of aromatic amines is 1. The molecule has 5 rings (SSSR count). The molecule has 4 aromatic heterocycles. The van der Waals surface area contributed by atoms with Gasteiger partial charge >= 0.3 is 0 Å². The van der Waals surface area contributed by atoms with E-state index in [1.807, 2.05) is 41.0 Å². The van der Waals surface area contributed by atoms with E-state index in [-0.39, 0.29) is 6.10 Å². The summed E-state index contributed by atoms with van der Waals surface area (Å²) in [6, 6.07) is 10.2. The Labute approximate surface area is 155 Å². The van der Waals surface area contributed by atoms with Crippen LogP contribution in [0.2, 0.25) is 0 Å². The Balaban J connectivity index is 1.39. The van der Waals surface area contributed by atoms with Crippen LogP contribution in [0, 0.1) is 0 Å². The third-order valence-electron chi connectivity index (χ3n) is 5.06. The molecule has 4 aromatic rings. The van der Waals surface area contributed by atoms with Crippen molar-refractivity contribution >= 4 is 34.1 Å². The Hall–Kier alpha value is -3.13. The van der Waals surface area contributed by atoms with E-state index in [1.165, 1.54) is 0 Å². The van der Waals surface area contributed by atoms with E-state index >= 15 is 0 Å². The van der Waals surface area contributed by atoms with E-state index in [0.29, 0.717) is 12.0 Å². The molecule has 0 saturated heterocycles. The molecule has 0 amide bonds. The van der Waals surface area contributed by atoms with Crippen molar-refractivity contribution < 1.29 is 5.11 Å². The number of fused-ring (bicyclic) bond motifs is 2. The van der Waals surface area contributed by atoms with Crippen LogP contribution in [0.3, 0.4) is 0 Å². The van der Waals surface area contributed by atoms with E-state index < -0.39 is 0 Å². The third-order valence-corrected chi connectivity index (χ3v) is 5.06. The van der Waals surface area contributed by atoms with Gasteiger partial charge in [0.15, 0.2) is 5.65 Å². The zero-order valence-corrected chi connectivity index (χ0v) is 14.8. The summed E-state index contributed by atoms with van der Waals surface area (Å²) in [5.41, 5.74) is 2.47. The monoisotopic (exact) mass is 363 g/mol. The summed E-state index contributed by atoms with van der Waals surface area (Å²) in [5.74, 6) is 1.44. The minimum Gasteiger partial charge on any atom is -0.393 e. The summed E-state index contributed by atoms with van der Waals surface area (Å²) < 4.78 is 1.82. The molecule has 4 heterocycles. The molecular weight excluding hydrogens is 342 g/mol. The maximum atomic E-state index is 9.69. The van der Waals surface area contributed by atoms with Crippen LogP contribution in [0.1, 0.15) is 25.7 Å². The lowest BCUT2D eigenvalue weighted by Gasteiger charge is -2.26. The smallest absolute Gasteiger partial charge is 0.247 e. The fourth-order valence-electron chi connectivity index (χ4n) is 3.63. The highest BCUT2D eigenvalue weighted by molar-refractivity contribution is 5.79. The van der Waals surface area contributed by atoms with Gasteiger partial charge in [-0.15, -0.1) is 5.10 Å². The number of nitrogens with one attached hydrogen (secondary N) is 3. The zero-order valence-electron chi connectivity index (χ0n) is 14.8. The van der Waals surface area contributed by atoms with Gasteiger partial charge in [-0.05, 0) is 49.9 Å². The number of aliphatic hydroxyl groups excluding tert-OH is 1. The van der Waals surface area contributed by atoms with Crippen molar-refractivity contribution in [2.24, 2.45) is 0 Å². The van der Waals surface area contributed by atoms with E-state index in [1.54, 1.807) is 6.20 Å². The molecule has 0 aliphatic heterocycles. The second-order valence-corrected chi connectivity index (χ2v) is 7.03. The summed E-state index contributed by atoms with van der Waals surface area (Å²) in [5, 5.41) is 22.1. The first-order valence-electron chi connectivity index (χ1n) is 9.25. The van der Waals surface area contributed by atoms with Crippen LogP contribution in [-0.4, -0.2) is 41.8 Å². The van der Waals surface area contributed by atoms with Gasteiger partial charge in [-0.2, -0.15) is 9.50 Å². The van der Waals surface area contributed by atoms with Crippen molar-refractivity contribution in [3.63, 3.8) is 0 Å². The average Bonchev–Trinajstić information content (AvgIpc) is 3.30. The van der Waals surface area contributed by atoms with Gasteiger partial charge in [0.2, 0.25) is 5.95 Å². The number of rotatable bonds is 4. The molecular formula is C19H21N7O. The van der Waals surface area contributed by atoms with Crippen LogP contribution in [0.15, 0.2) is 42.7 Å². The normalized spacial score (nSPS) is 20.2. The maximum absolute atomic E-state index is 9.69. The highest BCUT2D eigenvalue weighted by Gasteiger charge is 2.20. The molecule has 0 atom stereocenters. The summed E-state index contributed by atoms with van der Waals surface area (Å²) in [6.07, 6.45) is 7.06. The van der Waals surface area contributed by atoms with Crippen LogP contribution < -0.4 is 10.6 Å². The summed E-state index contributed by atoms with van der Waals surface area (Å²) in [4.78, 5) is 12.0. The number of hydrogen-bond acceptors (Lipinski definition) is 6. The van der Waals surface area contributed by atoms with Gasteiger partial charge in [0.1, 0.15) is 11.5 Å². The van der Waals surface area contributed by atoms with Crippen molar-refractivity contribution in [2.75, 3.05) is 10.6 Å². The van der Waals surface area contributed by atoms with Crippen LogP contribution in [-0.2, 0) is 0 Å². The van der Waals surface area contributed by atoms with Crippen LogP contribution >= 0.6 is 0 Å². The Morgan fingerprint density at radius 1 is 1.15 bits per heavy atom. The Kier molecular flexibility index (Phi) is 3.90. The molecule has 8 nitrogen and oxygen atoms in total. The van der Waals surface area contributed by atoms with E-state index in [0.717, 1.165) is 53.9 Å². The van der Waals surface area contributed by atoms with Gasteiger partial charge in [-0.25, -0.2) is 4.98 Å². The molecule has 1 aliphatic rings. The summed E-state index contributed by atoms with van der Waals surface area (Å²) in [6.45, 7) is 0. The van der Waals surface area contributed by atoms with Gasteiger partial charge in [-0.3, -0.25) is 0 Å². The van der Waals surface area contributed by atoms with Crippen LogP contribution in [0.5, 0.6) is 0 Å². The third kappa shape index (κ3) is 3.19. The summed E-state index contributed by atoms with van der Waals surface area (Å²) >= 11 is 0. The number of nitrogens with zero attached hydrogens (tertiary/aromatic N) is 4. The zero-order chi connectivity index (χ0) is 18.2. The van der Waals surface area contributed by atoms with Gasteiger partial charge in [0, 0.05) is 17.6 Å². The Morgan fingerprint density at radius 3 is 2.93 bits per heavy atom. The Bertz CT molecular complexity index is 1080. The first-order chi connectivity index (χ1) is 13.2. The standard InChI is InChI=1S/C19H21N7O/c27-15-6-4-13(5-7-15)22-16-2-1-3-17-24-19(25-26(16)17)23-14-10-12-8-9-20-18(12)21-11-14/h1-3,8-11,13,15,22,27H,4-7H2,(H,20,21)(H,23,25). The molecule has 1 aliphatic carbocycles. The van der Waals surface area contributed by atoms with E-state index in [2.05, 4.69) is 30.7 Å². The second-order valence-electron chi connectivity index (χ2n) is 7.03. The number of H-pyrrole nitrogens is 1. The molecule has 1 saturated carbocycles. The first-order valence-corrected chi connectivity index (χ1v) is 9.25. The van der Waals surface area contributed by atoms with Gasteiger partial charge < -0.3 is 20.7 Å². The van der Waals surface area contributed by atoms with Crippen molar-refractivity contribution in [1.29, 1.82) is 0 Å². The maximum Gasteiger partial charge on any atom is 0.247 e. The number of aromatic nitrogens is 5. The van der Waals surface area contributed by atoms with Crippen LogP contribution in [0.4, 0.5) is 17.5 Å². The largest absolute Gasteiger partial charge is 0.393 e. The highest BCUT2D eigenvalue weighted by atomic mass is 16.3. The van der Waals surface area contributed by atoms with E-state index in [9.17, 15) is 5.11 Å². The molecule has 27 heavy (non-hydrogen) atoms. The lowest BCUT2D eigenvalue weighted by atomic mass is 9.93. The fourth-order valence-corrected chi connectivity index (χ4v) is 3.63. The topological polar surface area (TPSA) is 103 Å². The SMILES string of the molecule is OC1CCC(Nc2cccc3nc(Nc4cnc5[nH]ccc5c4)nn23)CC1. The first kappa shape index (κ1) is 16.1. The van der Waals surface area contributed by atoms with Crippen LogP contribution in [0.25, 0.3) is 16.7 Å². The molecule has 4 N–H and O–H groups in total. The molecule has 8 heteroatoms. The number of hydrogen-bond donors (Lipinski definition) is 4. The average molecular weight is 363 g/mol. The second kappa shape index (κ2) is 6.55. The minimum absolute atomic E-state index is 0.160. The Morgan fingerprint density at radius 2 is 2.04 bits per heavy atom. The highest BCUT2D eigenvalue weighted by Crippen LogP contribution is 2.23. The van der Waals surface area contributed by atoms with Gasteiger partial charge in [-0.1, -0.05) is 6.07 Å². The molecule has 1 fully saturated rings. The van der Waals surface area contributed by atoms with Crippen molar-refractivity contribution in [1.82, 2.24) is 24.6 Å². The number of aliphatic hydroxyl groups is 1. The van der Waals surface area contributed by atoms with Gasteiger partial charge in [0.25, 0.3) is 0 Å².